The Balaban J connectivity index is 2.05. The third-order valence-corrected chi connectivity index (χ3v) is 4.86. The van der Waals surface area contributed by atoms with Gasteiger partial charge in [0.25, 0.3) is 0 Å². The summed E-state index contributed by atoms with van der Waals surface area (Å²) in [6.45, 7) is 3.79. The van der Waals surface area contributed by atoms with Gasteiger partial charge in [-0.3, -0.25) is 0 Å². The van der Waals surface area contributed by atoms with Crippen molar-refractivity contribution >= 4 is 17.6 Å². The Morgan fingerprint density at radius 1 is 0.926 bits per heavy atom. The molecule has 0 bridgehead atoms. The molecule has 0 aromatic heterocycles. The van der Waals surface area contributed by atoms with Gasteiger partial charge in [-0.25, -0.2) is 9.59 Å². The zero-order chi connectivity index (χ0) is 19.5. The highest BCUT2D eigenvalue weighted by molar-refractivity contribution is 6.14. The van der Waals surface area contributed by atoms with Crippen molar-refractivity contribution in [3.05, 3.63) is 41.6 Å². The molecule has 1 N–H and O–H groups in total. The molecule has 148 valence electrons. The Labute approximate surface area is 162 Å². The molecule has 0 spiro atoms. The number of nitrogens with one attached hydrogen (secondary N) is 1. The lowest BCUT2D eigenvalue weighted by Crippen LogP contribution is -2.19. The summed E-state index contributed by atoms with van der Waals surface area (Å²) in [5, 5.41) is 3.01. The topological polar surface area (TPSA) is 64.6 Å². The van der Waals surface area contributed by atoms with Gasteiger partial charge in [0.1, 0.15) is 0 Å². The third kappa shape index (κ3) is 6.74. The van der Waals surface area contributed by atoms with Crippen LogP contribution in [0, 0.1) is 0 Å². The second-order valence-corrected chi connectivity index (χ2v) is 6.81. The van der Waals surface area contributed by atoms with Crippen LogP contribution in [0.5, 0.6) is 0 Å². The van der Waals surface area contributed by atoms with Crippen LogP contribution in [-0.4, -0.2) is 25.2 Å². The van der Waals surface area contributed by atoms with E-state index >= 15 is 0 Å². The number of anilines is 1. The summed E-state index contributed by atoms with van der Waals surface area (Å²) < 4.78 is 9.86. The van der Waals surface area contributed by atoms with E-state index in [0.717, 1.165) is 5.69 Å². The molecule has 1 fully saturated rings. The molecule has 1 aliphatic carbocycles. The summed E-state index contributed by atoms with van der Waals surface area (Å²) in [6.07, 6.45) is 10.5. The van der Waals surface area contributed by atoms with Crippen LogP contribution in [0.1, 0.15) is 70.3 Å². The van der Waals surface area contributed by atoms with Crippen LogP contribution in [0.3, 0.4) is 0 Å². The molecule has 0 radical (unpaired) electrons. The fourth-order valence-electron chi connectivity index (χ4n) is 3.42. The van der Waals surface area contributed by atoms with E-state index in [9.17, 15) is 9.59 Å². The molecule has 0 unspecified atom stereocenters. The first kappa shape index (κ1) is 21.0. The molecule has 5 heteroatoms. The van der Waals surface area contributed by atoms with Gasteiger partial charge in [-0.1, -0.05) is 44.2 Å². The van der Waals surface area contributed by atoms with Crippen LogP contribution in [0.4, 0.5) is 5.69 Å². The summed E-state index contributed by atoms with van der Waals surface area (Å²) >= 11 is 0. The molecule has 0 aliphatic heterocycles. The molecule has 1 aromatic carbocycles. The Kier molecular flexibility index (Phi) is 8.89. The predicted octanol–water partition coefficient (Wildman–Crippen LogP) is 4.94. The number of hydrogen-bond acceptors (Lipinski definition) is 5. The van der Waals surface area contributed by atoms with Gasteiger partial charge in [-0.15, -0.1) is 0 Å². The van der Waals surface area contributed by atoms with E-state index in [-0.39, 0.29) is 18.8 Å². The first-order chi connectivity index (χ1) is 13.2. The van der Waals surface area contributed by atoms with Gasteiger partial charge in [-0.2, -0.15) is 0 Å². The average molecular weight is 373 g/mol. The van der Waals surface area contributed by atoms with Gasteiger partial charge in [0.15, 0.2) is 5.57 Å². The molecule has 5 nitrogen and oxygen atoms in total. The van der Waals surface area contributed by atoms with E-state index in [4.69, 9.17) is 9.47 Å². The zero-order valence-electron chi connectivity index (χ0n) is 16.5. The van der Waals surface area contributed by atoms with Crippen molar-refractivity contribution in [2.45, 2.75) is 64.7 Å². The summed E-state index contributed by atoms with van der Waals surface area (Å²) in [5.41, 5.74) is 2.04. The minimum Gasteiger partial charge on any atom is -0.462 e. The van der Waals surface area contributed by atoms with Crippen molar-refractivity contribution in [2.24, 2.45) is 0 Å². The second-order valence-electron chi connectivity index (χ2n) is 6.81. The third-order valence-electron chi connectivity index (χ3n) is 4.86. The molecule has 1 aliphatic rings. The van der Waals surface area contributed by atoms with E-state index in [0.29, 0.717) is 5.92 Å². The van der Waals surface area contributed by atoms with Crippen molar-refractivity contribution in [1.29, 1.82) is 0 Å². The van der Waals surface area contributed by atoms with Crippen LogP contribution in [0.25, 0.3) is 0 Å². The Bertz CT molecular complexity index is 608. The molecule has 0 saturated heterocycles. The number of rotatable bonds is 7. The standard InChI is InChI=1S/C22H31NO4/c1-3-26-21(24)20(22(25)27-4-2)16-23-19-14-12-18(13-15-19)17-10-8-6-5-7-9-11-17/h12-17,23H,3-11H2,1-2H3. The monoisotopic (exact) mass is 373 g/mol. The first-order valence-corrected chi connectivity index (χ1v) is 10.1. The quantitative estimate of drug-likeness (QED) is 0.317. The van der Waals surface area contributed by atoms with Crippen molar-refractivity contribution in [3.63, 3.8) is 0 Å². The highest BCUT2D eigenvalue weighted by Gasteiger charge is 2.21. The molecule has 0 atom stereocenters. The Hall–Kier alpha value is -2.30. The minimum atomic E-state index is -0.686. The first-order valence-electron chi connectivity index (χ1n) is 10.1. The van der Waals surface area contributed by atoms with Crippen LogP contribution in [0.15, 0.2) is 36.0 Å². The highest BCUT2D eigenvalue weighted by atomic mass is 16.6. The number of esters is 2. The lowest BCUT2D eigenvalue weighted by molar-refractivity contribution is -0.146. The molecular formula is C22H31NO4. The fraction of sp³-hybridized carbons (Fsp3) is 0.545. The summed E-state index contributed by atoms with van der Waals surface area (Å²) in [6, 6.07) is 8.24. The second kappa shape index (κ2) is 11.4. The van der Waals surface area contributed by atoms with Gasteiger partial charge in [-0.05, 0) is 50.3 Å². The summed E-state index contributed by atoms with van der Waals surface area (Å²) in [5.74, 6) is -0.742. The van der Waals surface area contributed by atoms with E-state index < -0.39 is 11.9 Å². The SMILES string of the molecule is CCOC(=O)C(=CNc1ccc(C2CCCCCCC2)cc1)C(=O)OCC. The number of carbonyl (C=O) groups is 2. The number of ether oxygens (including phenoxy) is 2. The average Bonchev–Trinajstić information content (AvgIpc) is 2.63. The Morgan fingerprint density at radius 2 is 1.44 bits per heavy atom. The van der Waals surface area contributed by atoms with E-state index in [1.165, 1.54) is 56.7 Å². The molecule has 2 rings (SSSR count). The normalized spacial score (nSPS) is 15.2. The predicted molar refractivity (Wildman–Crippen MR) is 106 cm³/mol. The van der Waals surface area contributed by atoms with Gasteiger partial charge < -0.3 is 14.8 Å². The van der Waals surface area contributed by atoms with E-state index in [1.807, 2.05) is 12.1 Å². The molecule has 27 heavy (non-hydrogen) atoms. The van der Waals surface area contributed by atoms with Crippen molar-refractivity contribution in [3.8, 4) is 0 Å². The van der Waals surface area contributed by atoms with Crippen LogP contribution >= 0.6 is 0 Å². The van der Waals surface area contributed by atoms with E-state index in [2.05, 4.69) is 17.4 Å². The fourth-order valence-corrected chi connectivity index (χ4v) is 3.42. The number of benzene rings is 1. The van der Waals surface area contributed by atoms with Gasteiger partial charge in [0, 0.05) is 11.9 Å². The molecule has 0 amide bonds. The summed E-state index contributed by atoms with van der Waals surface area (Å²) in [7, 11) is 0. The van der Waals surface area contributed by atoms with Gasteiger partial charge in [0.2, 0.25) is 0 Å². The lowest BCUT2D eigenvalue weighted by atomic mass is 9.86. The summed E-state index contributed by atoms with van der Waals surface area (Å²) in [4.78, 5) is 23.9. The maximum Gasteiger partial charge on any atom is 0.347 e. The van der Waals surface area contributed by atoms with Crippen LogP contribution in [-0.2, 0) is 19.1 Å². The van der Waals surface area contributed by atoms with Crippen molar-refractivity contribution < 1.29 is 19.1 Å². The van der Waals surface area contributed by atoms with Gasteiger partial charge >= 0.3 is 11.9 Å². The maximum atomic E-state index is 12.0. The van der Waals surface area contributed by atoms with Crippen LogP contribution in [0.2, 0.25) is 0 Å². The van der Waals surface area contributed by atoms with Gasteiger partial charge in [0.05, 0.1) is 13.2 Å². The van der Waals surface area contributed by atoms with Crippen LogP contribution < -0.4 is 5.32 Å². The lowest BCUT2D eigenvalue weighted by Gasteiger charge is -2.20. The highest BCUT2D eigenvalue weighted by Crippen LogP contribution is 2.31. The van der Waals surface area contributed by atoms with Crippen molar-refractivity contribution in [1.82, 2.24) is 0 Å². The zero-order valence-corrected chi connectivity index (χ0v) is 16.5. The Morgan fingerprint density at radius 3 is 1.96 bits per heavy atom. The van der Waals surface area contributed by atoms with Crippen molar-refractivity contribution in [2.75, 3.05) is 18.5 Å². The number of hydrogen-bond donors (Lipinski definition) is 1. The molecule has 1 saturated carbocycles. The number of carbonyl (C=O) groups excluding carboxylic acids is 2. The molecule has 0 heterocycles. The van der Waals surface area contributed by atoms with E-state index in [1.54, 1.807) is 13.8 Å². The minimum absolute atomic E-state index is 0.136. The molecule has 1 aromatic rings. The smallest absolute Gasteiger partial charge is 0.347 e. The maximum absolute atomic E-state index is 12.0. The molecular weight excluding hydrogens is 342 g/mol. The largest absolute Gasteiger partial charge is 0.462 e.